The molecule has 2 aliphatic heterocycles. The molecular formula is C15H22N2O6S. The van der Waals surface area contributed by atoms with Gasteiger partial charge in [0, 0.05) is 38.8 Å². The highest BCUT2D eigenvalue weighted by Crippen LogP contribution is 2.33. The lowest BCUT2D eigenvalue weighted by Gasteiger charge is -2.34. The summed E-state index contributed by atoms with van der Waals surface area (Å²) in [5.74, 6) is 1.01. The number of hydrogen-bond donors (Lipinski definition) is 2. The van der Waals surface area contributed by atoms with Gasteiger partial charge in [-0.2, -0.15) is 4.31 Å². The number of sulfonamides is 1. The van der Waals surface area contributed by atoms with Crippen LogP contribution in [0.15, 0.2) is 23.1 Å². The number of aliphatic hydroxyl groups is 2. The summed E-state index contributed by atoms with van der Waals surface area (Å²) in [5.41, 5.74) is 0. The van der Waals surface area contributed by atoms with Gasteiger partial charge in [0.15, 0.2) is 11.5 Å². The first kappa shape index (κ1) is 17.4. The van der Waals surface area contributed by atoms with Crippen molar-refractivity contribution in [3.05, 3.63) is 18.2 Å². The first-order valence-corrected chi connectivity index (χ1v) is 9.36. The molecule has 0 radical (unpaired) electrons. The Kier molecular flexibility index (Phi) is 5.26. The van der Waals surface area contributed by atoms with Crippen molar-refractivity contribution in [2.75, 3.05) is 52.5 Å². The number of hydrogen-bond acceptors (Lipinski definition) is 7. The van der Waals surface area contributed by atoms with Crippen molar-refractivity contribution < 1.29 is 28.1 Å². The van der Waals surface area contributed by atoms with Crippen LogP contribution in [0.5, 0.6) is 11.5 Å². The molecule has 0 spiro atoms. The van der Waals surface area contributed by atoms with E-state index in [1.807, 2.05) is 4.90 Å². The van der Waals surface area contributed by atoms with Crippen LogP contribution in [-0.4, -0.2) is 86.5 Å². The van der Waals surface area contributed by atoms with E-state index in [2.05, 4.69) is 0 Å². The number of fused-ring (bicyclic) bond motifs is 1. The van der Waals surface area contributed by atoms with E-state index in [0.29, 0.717) is 57.4 Å². The average Bonchev–Trinajstić information content (AvgIpc) is 2.61. The minimum absolute atomic E-state index is 0.190. The zero-order chi connectivity index (χ0) is 17.2. The molecule has 0 bridgehead atoms. The number of piperazine rings is 1. The van der Waals surface area contributed by atoms with E-state index in [0.717, 1.165) is 0 Å². The summed E-state index contributed by atoms with van der Waals surface area (Å²) in [6.07, 6.45) is -0.800. The topological polar surface area (TPSA) is 99.5 Å². The number of β-amino-alcohol motifs (C(OH)–C–C–N with tert-alkyl or cyclic N) is 1. The van der Waals surface area contributed by atoms with Gasteiger partial charge in [-0.15, -0.1) is 0 Å². The highest BCUT2D eigenvalue weighted by molar-refractivity contribution is 7.89. The van der Waals surface area contributed by atoms with E-state index in [1.165, 1.54) is 16.4 Å². The highest BCUT2D eigenvalue weighted by Gasteiger charge is 2.30. The number of benzene rings is 1. The second-order valence-corrected chi connectivity index (χ2v) is 7.78. The molecule has 9 heteroatoms. The van der Waals surface area contributed by atoms with Crippen LogP contribution < -0.4 is 9.47 Å². The molecule has 8 nitrogen and oxygen atoms in total. The lowest BCUT2D eigenvalue weighted by Crippen LogP contribution is -2.50. The van der Waals surface area contributed by atoms with Gasteiger partial charge in [0.2, 0.25) is 10.0 Å². The van der Waals surface area contributed by atoms with Crippen LogP contribution in [0.25, 0.3) is 0 Å². The van der Waals surface area contributed by atoms with Crippen LogP contribution in [0.4, 0.5) is 0 Å². The summed E-state index contributed by atoms with van der Waals surface area (Å²) >= 11 is 0. The van der Waals surface area contributed by atoms with Gasteiger partial charge in [-0.25, -0.2) is 8.42 Å². The molecule has 2 heterocycles. The molecule has 134 valence electrons. The molecule has 1 aromatic carbocycles. The molecular weight excluding hydrogens is 336 g/mol. The van der Waals surface area contributed by atoms with Crippen LogP contribution in [0.1, 0.15) is 0 Å². The fourth-order valence-electron chi connectivity index (χ4n) is 2.84. The molecule has 1 saturated heterocycles. The SMILES string of the molecule is O=S(=O)(c1ccc2c(c1)OCCO2)N1CCN(C[C@H](O)CO)CC1. The fraction of sp³-hybridized carbons (Fsp3) is 0.600. The van der Waals surface area contributed by atoms with Crippen molar-refractivity contribution in [1.82, 2.24) is 9.21 Å². The maximum Gasteiger partial charge on any atom is 0.243 e. The Bertz CT molecular complexity index is 673. The van der Waals surface area contributed by atoms with Crippen LogP contribution >= 0.6 is 0 Å². The molecule has 0 aliphatic carbocycles. The van der Waals surface area contributed by atoms with Crippen molar-refractivity contribution >= 4 is 10.0 Å². The minimum Gasteiger partial charge on any atom is -0.486 e. The van der Waals surface area contributed by atoms with E-state index in [9.17, 15) is 13.5 Å². The molecule has 1 atom stereocenters. The Morgan fingerprint density at radius 2 is 1.75 bits per heavy atom. The smallest absolute Gasteiger partial charge is 0.243 e. The molecule has 2 aliphatic rings. The quantitative estimate of drug-likeness (QED) is 0.705. The van der Waals surface area contributed by atoms with E-state index in [4.69, 9.17) is 14.6 Å². The number of nitrogens with zero attached hydrogens (tertiary/aromatic N) is 2. The summed E-state index contributed by atoms with van der Waals surface area (Å²) in [6, 6.07) is 4.66. The number of aliphatic hydroxyl groups excluding tert-OH is 2. The fourth-order valence-corrected chi connectivity index (χ4v) is 4.28. The van der Waals surface area contributed by atoms with E-state index in [1.54, 1.807) is 6.07 Å². The first-order chi connectivity index (χ1) is 11.5. The second-order valence-electron chi connectivity index (χ2n) is 5.85. The Labute approximate surface area is 141 Å². The predicted octanol–water partition coefficient (Wildman–Crippen LogP) is -0.883. The molecule has 0 amide bonds. The summed E-state index contributed by atoms with van der Waals surface area (Å²) in [7, 11) is -3.59. The predicted molar refractivity (Wildman–Crippen MR) is 85.7 cm³/mol. The monoisotopic (exact) mass is 358 g/mol. The third-order valence-corrected chi connectivity index (χ3v) is 6.06. The lowest BCUT2D eigenvalue weighted by molar-refractivity contribution is 0.0491. The van der Waals surface area contributed by atoms with Crippen LogP contribution in [0.3, 0.4) is 0 Å². The largest absolute Gasteiger partial charge is 0.486 e. The van der Waals surface area contributed by atoms with Crippen molar-refractivity contribution in [2.24, 2.45) is 0 Å². The van der Waals surface area contributed by atoms with Crippen molar-refractivity contribution in [1.29, 1.82) is 0 Å². The third-order valence-electron chi connectivity index (χ3n) is 4.16. The van der Waals surface area contributed by atoms with E-state index >= 15 is 0 Å². The van der Waals surface area contributed by atoms with Gasteiger partial charge in [-0.1, -0.05) is 0 Å². The molecule has 0 unspecified atom stereocenters. The molecule has 0 saturated carbocycles. The Balaban J connectivity index is 1.68. The summed E-state index contributed by atoms with van der Waals surface area (Å²) in [6.45, 7) is 2.62. The molecule has 0 aromatic heterocycles. The third kappa shape index (κ3) is 3.65. The summed E-state index contributed by atoms with van der Waals surface area (Å²) in [4.78, 5) is 2.13. The molecule has 1 aromatic rings. The summed E-state index contributed by atoms with van der Waals surface area (Å²) in [5, 5.41) is 18.4. The molecule has 24 heavy (non-hydrogen) atoms. The zero-order valence-corrected chi connectivity index (χ0v) is 14.1. The number of ether oxygens (including phenoxy) is 2. The van der Waals surface area contributed by atoms with Gasteiger partial charge in [-0.3, -0.25) is 4.90 Å². The Hall–Kier alpha value is -1.39. The Morgan fingerprint density at radius 1 is 1.08 bits per heavy atom. The molecule has 1 fully saturated rings. The lowest BCUT2D eigenvalue weighted by atomic mass is 10.3. The highest BCUT2D eigenvalue weighted by atomic mass is 32.2. The van der Waals surface area contributed by atoms with Crippen LogP contribution in [0, 0.1) is 0 Å². The zero-order valence-electron chi connectivity index (χ0n) is 13.3. The van der Waals surface area contributed by atoms with E-state index in [-0.39, 0.29) is 11.5 Å². The van der Waals surface area contributed by atoms with Crippen molar-refractivity contribution in [3.8, 4) is 11.5 Å². The summed E-state index contributed by atoms with van der Waals surface area (Å²) < 4.78 is 37.9. The van der Waals surface area contributed by atoms with Crippen LogP contribution in [-0.2, 0) is 10.0 Å². The van der Waals surface area contributed by atoms with Gasteiger partial charge < -0.3 is 19.7 Å². The van der Waals surface area contributed by atoms with Crippen molar-refractivity contribution in [2.45, 2.75) is 11.0 Å². The Morgan fingerprint density at radius 3 is 2.42 bits per heavy atom. The maximum atomic E-state index is 12.8. The van der Waals surface area contributed by atoms with Gasteiger partial charge in [0.25, 0.3) is 0 Å². The second kappa shape index (κ2) is 7.24. The minimum atomic E-state index is -3.59. The average molecular weight is 358 g/mol. The van der Waals surface area contributed by atoms with Gasteiger partial charge in [0.05, 0.1) is 17.6 Å². The van der Waals surface area contributed by atoms with Gasteiger partial charge in [0.1, 0.15) is 13.2 Å². The van der Waals surface area contributed by atoms with E-state index < -0.39 is 16.1 Å². The normalized spacial score (nSPS) is 20.8. The first-order valence-electron chi connectivity index (χ1n) is 7.92. The van der Waals surface area contributed by atoms with Crippen LogP contribution in [0.2, 0.25) is 0 Å². The maximum absolute atomic E-state index is 12.8. The van der Waals surface area contributed by atoms with Gasteiger partial charge in [-0.05, 0) is 12.1 Å². The standard InChI is InChI=1S/C15H22N2O6S/c18-11-12(19)10-16-3-5-17(6-4-16)24(20,21)13-1-2-14-15(9-13)23-8-7-22-14/h1-2,9,12,18-19H,3-8,10-11H2/t12-/m0/s1. The number of rotatable bonds is 5. The van der Waals surface area contributed by atoms with Crippen molar-refractivity contribution in [3.63, 3.8) is 0 Å². The molecule has 2 N–H and O–H groups in total. The van der Waals surface area contributed by atoms with Gasteiger partial charge >= 0.3 is 0 Å². The molecule has 3 rings (SSSR count).